The molecule has 0 rings (SSSR count). The number of hydrogen-bond donors (Lipinski definition) is 2. The molecular weight excluding hydrogens is 194 g/mol. The van der Waals surface area contributed by atoms with E-state index in [9.17, 15) is 4.79 Å². The Hall–Kier alpha value is -0.610. The van der Waals surface area contributed by atoms with E-state index in [1.54, 1.807) is 0 Å². The number of aliphatic hydroxyl groups excluding tert-OH is 1. The fourth-order valence-electron chi connectivity index (χ4n) is 1.51. The van der Waals surface area contributed by atoms with Crippen molar-refractivity contribution >= 4 is 5.97 Å². The Bertz CT molecular complexity index is 185. The standard InChI is InChI=1S/C11H23NO3/c1-11(9-12,10(14)15-2)7-5-3-4-6-8-13/h13H,3-9,12H2,1-2H3. The summed E-state index contributed by atoms with van der Waals surface area (Å²) in [5, 5.41) is 8.60. The van der Waals surface area contributed by atoms with Crippen molar-refractivity contribution in [2.45, 2.75) is 39.0 Å². The third-order valence-corrected chi connectivity index (χ3v) is 2.77. The molecule has 0 aromatic carbocycles. The summed E-state index contributed by atoms with van der Waals surface area (Å²) in [5.41, 5.74) is 5.04. The second-order valence-electron chi connectivity index (χ2n) is 4.14. The SMILES string of the molecule is COC(=O)C(C)(CN)CCCCCCO. The third-order valence-electron chi connectivity index (χ3n) is 2.77. The lowest BCUT2D eigenvalue weighted by molar-refractivity contribution is -0.151. The maximum atomic E-state index is 11.4. The first-order chi connectivity index (χ1) is 7.10. The Morgan fingerprint density at radius 3 is 2.40 bits per heavy atom. The molecule has 0 heterocycles. The highest BCUT2D eigenvalue weighted by Gasteiger charge is 2.31. The maximum absolute atomic E-state index is 11.4. The van der Waals surface area contributed by atoms with E-state index in [0.29, 0.717) is 6.54 Å². The first-order valence-corrected chi connectivity index (χ1v) is 5.50. The molecule has 0 radical (unpaired) electrons. The summed E-state index contributed by atoms with van der Waals surface area (Å²) in [6.45, 7) is 2.40. The van der Waals surface area contributed by atoms with Crippen LogP contribution in [0.2, 0.25) is 0 Å². The van der Waals surface area contributed by atoms with Crippen LogP contribution in [0.3, 0.4) is 0 Å². The van der Waals surface area contributed by atoms with Gasteiger partial charge in [-0.2, -0.15) is 0 Å². The number of methoxy groups -OCH3 is 1. The summed E-state index contributed by atoms with van der Waals surface area (Å²) in [7, 11) is 1.39. The fraction of sp³-hybridized carbons (Fsp3) is 0.909. The number of nitrogens with two attached hydrogens (primary N) is 1. The highest BCUT2D eigenvalue weighted by atomic mass is 16.5. The number of carbonyl (C=O) groups is 1. The van der Waals surface area contributed by atoms with Crippen LogP contribution in [0.25, 0.3) is 0 Å². The Balaban J connectivity index is 3.83. The first-order valence-electron chi connectivity index (χ1n) is 5.50. The van der Waals surface area contributed by atoms with Crippen LogP contribution in [0, 0.1) is 5.41 Å². The van der Waals surface area contributed by atoms with E-state index < -0.39 is 5.41 Å². The third kappa shape index (κ3) is 5.14. The molecule has 0 aromatic rings. The highest BCUT2D eigenvalue weighted by Crippen LogP contribution is 2.24. The second kappa shape index (κ2) is 7.65. The molecule has 4 nitrogen and oxygen atoms in total. The molecule has 0 saturated heterocycles. The number of ether oxygens (including phenoxy) is 1. The normalized spacial score (nSPS) is 14.7. The molecule has 0 saturated carbocycles. The van der Waals surface area contributed by atoms with E-state index >= 15 is 0 Å². The number of rotatable bonds is 8. The van der Waals surface area contributed by atoms with Crippen molar-refractivity contribution < 1.29 is 14.6 Å². The van der Waals surface area contributed by atoms with Crippen molar-refractivity contribution in [2.75, 3.05) is 20.3 Å². The van der Waals surface area contributed by atoms with Gasteiger partial charge in [-0.15, -0.1) is 0 Å². The summed E-state index contributed by atoms with van der Waals surface area (Å²) in [4.78, 5) is 11.4. The molecule has 90 valence electrons. The molecule has 15 heavy (non-hydrogen) atoms. The monoisotopic (exact) mass is 217 g/mol. The van der Waals surface area contributed by atoms with Crippen LogP contribution in [0.1, 0.15) is 39.0 Å². The molecule has 4 heteroatoms. The average Bonchev–Trinajstić information content (AvgIpc) is 2.27. The van der Waals surface area contributed by atoms with Gasteiger partial charge in [-0.1, -0.05) is 19.3 Å². The lowest BCUT2D eigenvalue weighted by Crippen LogP contribution is -2.36. The van der Waals surface area contributed by atoms with E-state index in [-0.39, 0.29) is 12.6 Å². The Labute approximate surface area is 91.8 Å². The lowest BCUT2D eigenvalue weighted by atomic mass is 9.84. The summed E-state index contributed by atoms with van der Waals surface area (Å²) in [5.74, 6) is -0.229. The van der Waals surface area contributed by atoms with Crippen molar-refractivity contribution in [1.29, 1.82) is 0 Å². The zero-order chi connectivity index (χ0) is 11.7. The van der Waals surface area contributed by atoms with E-state index in [2.05, 4.69) is 0 Å². The van der Waals surface area contributed by atoms with Crippen LogP contribution in [0.5, 0.6) is 0 Å². The minimum absolute atomic E-state index is 0.229. The van der Waals surface area contributed by atoms with Gasteiger partial charge in [-0.3, -0.25) is 4.79 Å². The molecule has 1 unspecified atom stereocenters. The van der Waals surface area contributed by atoms with Crippen molar-refractivity contribution in [3.05, 3.63) is 0 Å². The Kier molecular flexibility index (Phi) is 7.34. The number of esters is 1. The molecular formula is C11H23NO3. The zero-order valence-corrected chi connectivity index (χ0v) is 9.79. The van der Waals surface area contributed by atoms with Gasteiger partial charge in [-0.05, 0) is 19.8 Å². The van der Waals surface area contributed by atoms with E-state index in [4.69, 9.17) is 15.6 Å². The fourth-order valence-corrected chi connectivity index (χ4v) is 1.51. The number of hydrogen-bond acceptors (Lipinski definition) is 4. The summed E-state index contributed by atoms with van der Waals surface area (Å²) >= 11 is 0. The van der Waals surface area contributed by atoms with Gasteiger partial charge in [0.05, 0.1) is 12.5 Å². The van der Waals surface area contributed by atoms with E-state index in [1.807, 2.05) is 6.92 Å². The molecule has 0 aromatic heterocycles. The molecule has 0 aliphatic rings. The van der Waals surface area contributed by atoms with Crippen LogP contribution < -0.4 is 5.73 Å². The van der Waals surface area contributed by atoms with Gasteiger partial charge in [-0.25, -0.2) is 0 Å². The zero-order valence-electron chi connectivity index (χ0n) is 9.79. The molecule has 0 aliphatic heterocycles. The molecule has 0 spiro atoms. The summed E-state index contributed by atoms with van der Waals surface area (Å²) in [6, 6.07) is 0. The number of aliphatic hydroxyl groups is 1. The van der Waals surface area contributed by atoms with Crippen LogP contribution in [-0.2, 0) is 9.53 Å². The molecule has 0 aliphatic carbocycles. The van der Waals surface area contributed by atoms with Crippen molar-refractivity contribution in [3.63, 3.8) is 0 Å². The van der Waals surface area contributed by atoms with Gasteiger partial charge in [0, 0.05) is 13.2 Å². The summed E-state index contributed by atoms with van der Waals surface area (Å²) in [6.07, 6.45) is 4.55. The van der Waals surface area contributed by atoms with Gasteiger partial charge >= 0.3 is 5.97 Å². The first kappa shape index (κ1) is 14.4. The quantitative estimate of drug-likeness (QED) is 0.471. The largest absolute Gasteiger partial charge is 0.469 e. The number of unbranched alkanes of at least 4 members (excludes halogenated alkanes) is 3. The minimum atomic E-state index is -0.548. The molecule has 3 N–H and O–H groups in total. The van der Waals surface area contributed by atoms with Crippen LogP contribution in [-0.4, -0.2) is 31.3 Å². The Morgan fingerprint density at radius 1 is 1.33 bits per heavy atom. The predicted molar refractivity (Wildman–Crippen MR) is 59.3 cm³/mol. The second-order valence-corrected chi connectivity index (χ2v) is 4.14. The maximum Gasteiger partial charge on any atom is 0.312 e. The van der Waals surface area contributed by atoms with Crippen LogP contribution in [0.4, 0.5) is 0 Å². The predicted octanol–water partition coefficient (Wildman–Crippen LogP) is 1.07. The van der Waals surface area contributed by atoms with Crippen molar-refractivity contribution in [2.24, 2.45) is 11.1 Å². The van der Waals surface area contributed by atoms with Crippen LogP contribution >= 0.6 is 0 Å². The number of carbonyl (C=O) groups excluding carboxylic acids is 1. The van der Waals surface area contributed by atoms with Crippen LogP contribution in [0.15, 0.2) is 0 Å². The smallest absolute Gasteiger partial charge is 0.312 e. The van der Waals surface area contributed by atoms with E-state index in [1.165, 1.54) is 7.11 Å². The van der Waals surface area contributed by atoms with Gasteiger partial charge in [0.1, 0.15) is 0 Å². The van der Waals surface area contributed by atoms with Gasteiger partial charge in [0.2, 0.25) is 0 Å². The summed E-state index contributed by atoms with van der Waals surface area (Å²) < 4.78 is 4.73. The van der Waals surface area contributed by atoms with E-state index in [0.717, 1.165) is 32.1 Å². The van der Waals surface area contributed by atoms with Gasteiger partial charge in [0.25, 0.3) is 0 Å². The van der Waals surface area contributed by atoms with Crippen molar-refractivity contribution in [1.82, 2.24) is 0 Å². The lowest BCUT2D eigenvalue weighted by Gasteiger charge is -2.24. The molecule has 0 amide bonds. The molecule has 0 fully saturated rings. The van der Waals surface area contributed by atoms with Gasteiger partial charge in [0.15, 0.2) is 0 Å². The molecule has 0 bridgehead atoms. The minimum Gasteiger partial charge on any atom is -0.469 e. The van der Waals surface area contributed by atoms with Crippen molar-refractivity contribution in [3.8, 4) is 0 Å². The van der Waals surface area contributed by atoms with Gasteiger partial charge < -0.3 is 15.6 Å². The molecule has 1 atom stereocenters. The topological polar surface area (TPSA) is 72.5 Å². The Morgan fingerprint density at radius 2 is 1.93 bits per heavy atom. The average molecular weight is 217 g/mol. The highest BCUT2D eigenvalue weighted by molar-refractivity contribution is 5.76.